The molecule has 0 unspecified atom stereocenters. The van der Waals surface area contributed by atoms with Crippen LogP contribution in [0.2, 0.25) is 0 Å². The van der Waals surface area contributed by atoms with Gasteiger partial charge in [-0.15, -0.1) is 8.78 Å². The normalized spacial score (nSPS) is 7.50. The molecular weight excluding hydrogens is 158 g/mol. The zero-order chi connectivity index (χ0) is 8.81. The van der Waals surface area contributed by atoms with Crippen LogP contribution in [0, 0.1) is 24.2 Å². The van der Waals surface area contributed by atoms with E-state index in [-0.39, 0.29) is 0 Å². The topological polar surface area (TPSA) is 0 Å². The van der Waals surface area contributed by atoms with E-state index >= 15 is 0 Å². The summed E-state index contributed by atoms with van der Waals surface area (Å²) in [7, 11) is 0. The summed E-state index contributed by atoms with van der Waals surface area (Å²) in [5.74, 6) is 4.35. The fourth-order valence-corrected chi connectivity index (χ4v) is 0.803. The zero-order valence-corrected chi connectivity index (χ0v) is 6.07. The summed E-state index contributed by atoms with van der Waals surface area (Å²) in [6.07, 6.45) is 2.49. The molecule has 0 aliphatic carbocycles. The first-order chi connectivity index (χ1) is 5.88. The molecule has 0 N–H and O–H groups in total. The van der Waals surface area contributed by atoms with Crippen molar-refractivity contribution < 1.29 is 8.78 Å². The van der Waals surface area contributed by atoms with Crippen LogP contribution in [0.5, 0.6) is 0 Å². The lowest BCUT2D eigenvalue weighted by Gasteiger charge is -1.92. The van der Waals surface area contributed by atoms with E-state index in [1.165, 1.54) is 12.3 Å². The lowest BCUT2D eigenvalue weighted by atomic mass is 10.1. The summed E-state index contributed by atoms with van der Waals surface area (Å²) in [5.41, 5.74) is 0.787. The lowest BCUT2D eigenvalue weighted by molar-refractivity contribution is 0.772. The average molecular weight is 162 g/mol. The van der Waals surface area contributed by atoms with E-state index in [1.807, 2.05) is 0 Å². The van der Waals surface area contributed by atoms with Crippen LogP contribution in [0.4, 0.5) is 8.78 Å². The molecule has 0 atom stereocenters. The minimum atomic E-state index is 0.394. The predicted octanol–water partition coefficient (Wildman–Crippen LogP) is 2.24. The largest absolute Gasteiger partial charge is 0.144 e. The quantitative estimate of drug-likeness (QED) is 0.513. The highest BCUT2D eigenvalue weighted by Gasteiger charge is 1.93. The summed E-state index contributed by atoms with van der Waals surface area (Å²) in [4.78, 5) is 0. The van der Waals surface area contributed by atoms with Crippen molar-refractivity contribution in [2.24, 2.45) is 0 Å². The highest BCUT2D eigenvalue weighted by Crippen LogP contribution is 2.04. The number of benzene rings is 1. The highest BCUT2D eigenvalue weighted by atomic mass is 19.1. The van der Waals surface area contributed by atoms with E-state index in [2.05, 4.69) is 11.8 Å². The Balaban J connectivity index is 3.20. The van der Waals surface area contributed by atoms with Gasteiger partial charge in [0.2, 0.25) is 0 Å². The first-order valence-electron chi connectivity index (χ1n) is 3.21. The van der Waals surface area contributed by atoms with Gasteiger partial charge in [-0.25, -0.2) is 0 Å². The molecule has 0 heterocycles. The van der Waals surface area contributed by atoms with E-state index in [0.29, 0.717) is 11.1 Å². The van der Waals surface area contributed by atoms with Crippen molar-refractivity contribution in [2.45, 2.75) is 0 Å². The Morgan fingerprint density at radius 3 is 1.58 bits per heavy atom. The first kappa shape index (κ1) is 8.30. The Hall–Kier alpha value is -1.80. The molecule has 0 nitrogen and oxygen atoms in total. The highest BCUT2D eigenvalue weighted by molar-refractivity contribution is 5.48. The van der Waals surface area contributed by atoms with Crippen LogP contribution in [0.1, 0.15) is 11.1 Å². The van der Waals surface area contributed by atoms with Crippen LogP contribution in [-0.4, -0.2) is 0 Å². The minimum absolute atomic E-state index is 0.394. The van der Waals surface area contributed by atoms with Crippen molar-refractivity contribution in [1.29, 1.82) is 0 Å². The van der Waals surface area contributed by atoms with Gasteiger partial charge in [-0.3, -0.25) is 0 Å². The Bertz CT molecular complexity index is 347. The van der Waals surface area contributed by atoms with Crippen LogP contribution < -0.4 is 0 Å². The number of hydrogen-bond acceptors (Lipinski definition) is 0. The average Bonchev–Trinajstić information content (AvgIpc) is 2.09. The van der Waals surface area contributed by atoms with Crippen molar-refractivity contribution in [1.82, 2.24) is 0 Å². The molecule has 2 heteroatoms. The Morgan fingerprint density at radius 1 is 0.833 bits per heavy atom. The first-order valence-corrected chi connectivity index (χ1v) is 3.21. The fourth-order valence-electron chi connectivity index (χ4n) is 0.803. The van der Waals surface area contributed by atoms with E-state index in [0.717, 1.165) is 0 Å². The molecule has 0 amide bonds. The maximum Gasteiger partial charge on any atom is 0.111 e. The van der Waals surface area contributed by atoms with Crippen molar-refractivity contribution in [3.8, 4) is 24.2 Å². The Labute approximate surface area is 69.2 Å². The van der Waals surface area contributed by atoms with Gasteiger partial charge in [-0.05, 0) is 24.0 Å². The third-order valence-electron chi connectivity index (χ3n) is 1.29. The van der Waals surface area contributed by atoms with Gasteiger partial charge in [-0.1, -0.05) is 12.1 Å². The molecule has 0 radical (unpaired) electrons. The van der Waals surface area contributed by atoms with E-state index in [1.54, 1.807) is 24.3 Å². The Morgan fingerprint density at radius 2 is 1.25 bits per heavy atom. The summed E-state index contributed by atoms with van der Waals surface area (Å²) in [5, 5.41) is 0. The van der Waals surface area contributed by atoms with Crippen LogP contribution in [0.3, 0.4) is 0 Å². The van der Waals surface area contributed by atoms with Crippen molar-refractivity contribution in [2.75, 3.05) is 0 Å². The molecule has 0 aliphatic heterocycles. The number of hydrogen-bond donors (Lipinski definition) is 0. The number of rotatable bonds is 0. The molecule has 0 bridgehead atoms. The molecule has 58 valence electrons. The summed E-state index contributed by atoms with van der Waals surface area (Å²) >= 11 is 0. The van der Waals surface area contributed by atoms with Gasteiger partial charge < -0.3 is 0 Å². The third-order valence-corrected chi connectivity index (χ3v) is 1.29. The van der Waals surface area contributed by atoms with E-state index < -0.39 is 0 Å². The summed E-state index contributed by atoms with van der Waals surface area (Å²) in [6.45, 7) is 0. The van der Waals surface area contributed by atoms with Crippen LogP contribution in [0.15, 0.2) is 24.3 Å². The lowest BCUT2D eigenvalue weighted by Crippen LogP contribution is -1.80. The van der Waals surface area contributed by atoms with Gasteiger partial charge in [0.25, 0.3) is 0 Å². The molecular formula is C10H4F2. The molecule has 1 rings (SSSR count). The second-order valence-corrected chi connectivity index (χ2v) is 1.98. The minimum Gasteiger partial charge on any atom is -0.144 e. The second-order valence-electron chi connectivity index (χ2n) is 1.98. The fraction of sp³-hybridized carbons (Fsp3) is 0. The predicted molar refractivity (Wildman–Crippen MR) is 42.4 cm³/mol. The van der Waals surface area contributed by atoms with Crippen LogP contribution in [0.25, 0.3) is 0 Å². The second kappa shape index (κ2) is 4.16. The van der Waals surface area contributed by atoms with Gasteiger partial charge in [0, 0.05) is 11.1 Å². The monoisotopic (exact) mass is 162 g/mol. The van der Waals surface area contributed by atoms with Crippen LogP contribution >= 0.6 is 0 Å². The van der Waals surface area contributed by atoms with Gasteiger partial charge in [0.05, 0.1) is 0 Å². The molecule has 0 spiro atoms. The molecule has 1 aromatic rings. The Kier molecular flexibility index (Phi) is 2.87. The van der Waals surface area contributed by atoms with Gasteiger partial charge in [0.1, 0.15) is 12.3 Å². The molecule has 0 saturated carbocycles. The van der Waals surface area contributed by atoms with Crippen molar-refractivity contribution >= 4 is 0 Å². The van der Waals surface area contributed by atoms with Crippen molar-refractivity contribution in [3.63, 3.8) is 0 Å². The number of halogens is 2. The van der Waals surface area contributed by atoms with Crippen molar-refractivity contribution in [3.05, 3.63) is 35.4 Å². The van der Waals surface area contributed by atoms with Crippen LogP contribution in [-0.2, 0) is 0 Å². The summed E-state index contributed by atoms with van der Waals surface area (Å²) < 4.78 is 23.2. The third kappa shape index (κ3) is 1.84. The van der Waals surface area contributed by atoms with Gasteiger partial charge >= 0.3 is 0 Å². The van der Waals surface area contributed by atoms with E-state index in [4.69, 9.17) is 0 Å². The maximum absolute atomic E-state index is 11.6. The molecule has 0 aromatic heterocycles. The van der Waals surface area contributed by atoms with E-state index in [9.17, 15) is 8.78 Å². The maximum atomic E-state index is 11.6. The van der Waals surface area contributed by atoms with Gasteiger partial charge in [-0.2, -0.15) is 0 Å². The molecule has 12 heavy (non-hydrogen) atoms. The zero-order valence-electron chi connectivity index (χ0n) is 6.07. The van der Waals surface area contributed by atoms with Gasteiger partial charge in [0.15, 0.2) is 0 Å². The molecule has 0 fully saturated rings. The molecule has 0 saturated heterocycles. The molecule has 0 aliphatic rings. The summed E-state index contributed by atoms with van der Waals surface area (Å²) in [6, 6.07) is 6.52. The standard InChI is InChI=1S/C10H4F2/c11-7-5-9-3-1-2-4-10(9)6-8-12/h1-4H. The smallest absolute Gasteiger partial charge is 0.111 e. The molecule has 1 aromatic carbocycles. The SMILES string of the molecule is FC#Cc1ccccc1C#CF.